The summed E-state index contributed by atoms with van der Waals surface area (Å²) in [6.45, 7) is 0. The molecule has 3 N–H and O–H groups in total. The monoisotopic (exact) mass is 315 g/mol. The van der Waals surface area contributed by atoms with E-state index >= 15 is 0 Å². The van der Waals surface area contributed by atoms with Crippen LogP contribution in [0.15, 0.2) is 48.5 Å². The highest BCUT2D eigenvalue weighted by Crippen LogP contribution is 2.26. The normalized spacial score (nSPS) is 20.3. The van der Waals surface area contributed by atoms with Crippen LogP contribution in [0.5, 0.6) is 5.75 Å². The Hall–Kier alpha value is -2.44. The Morgan fingerprint density at radius 3 is 2.65 bits per heavy atom. The van der Waals surface area contributed by atoms with Crippen molar-refractivity contribution in [2.45, 2.75) is 18.5 Å². The van der Waals surface area contributed by atoms with E-state index in [0.717, 1.165) is 5.56 Å². The number of rotatable bonds is 4. The van der Waals surface area contributed by atoms with Crippen LogP contribution < -0.4 is 20.9 Å². The van der Waals surface area contributed by atoms with E-state index in [-0.39, 0.29) is 23.8 Å². The number of halogens is 1. The number of hydrazine groups is 1. The summed E-state index contributed by atoms with van der Waals surface area (Å²) in [5, 5.41) is 2.86. The van der Waals surface area contributed by atoms with Crippen LogP contribution in [0.4, 0.5) is 10.1 Å². The lowest BCUT2D eigenvalue weighted by Crippen LogP contribution is -2.39. The van der Waals surface area contributed by atoms with E-state index in [9.17, 15) is 9.18 Å². The summed E-state index contributed by atoms with van der Waals surface area (Å²) in [4.78, 5) is 12.4. The molecule has 2 aromatic carbocycles. The molecule has 1 amide bonds. The molecule has 1 fully saturated rings. The zero-order valence-electron chi connectivity index (χ0n) is 12.7. The van der Waals surface area contributed by atoms with Gasteiger partial charge in [-0.05, 0) is 36.2 Å². The fraction of sp³-hybridized carbons (Fsp3) is 0.235. The Balaban J connectivity index is 1.64. The van der Waals surface area contributed by atoms with Crippen LogP contribution in [0.2, 0.25) is 0 Å². The number of methoxy groups -OCH3 is 1. The minimum Gasteiger partial charge on any atom is -0.495 e. The van der Waals surface area contributed by atoms with Gasteiger partial charge in [0.2, 0.25) is 5.91 Å². The maximum atomic E-state index is 13.0. The smallest absolute Gasteiger partial charge is 0.243 e. The number of amides is 1. The largest absolute Gasteiger partial charge is 0.495 e. The summed E-state index contributed by atoms with van der Waals surface area (Å²) in [5.74, 6) is 0.193. The highest BCUT2D eigenvalue weighted by molar-refractivity contribution is 5.96. The molecular formula is C17H18FN3O2. The van der Waals surface area contributed by atoms with Gasteiger partial charge in [-0.2, -0.15) is 0 Å². The number of hydrogen-bond acceptors (Lipinski definition) is 4. The number of ether oxygens (including phenoxy) is 1. The van der Waals surface area contributed by atoms with Gasteiger partial charge in [0, 0.05) is 6.04 Å². The average Bonchev–Trinajstić information content (AvgIpc) is 3.06. The number of hydrogen-bond donors (Lipinski definition) is 3. The fourth-order valence-electron chi connectivity index (χ4n) is 2.61. The second-order valence-corrected chi connectivity index (χ2v) is 5.37. The van der Waals surface area contributed by atoms with Crippen molar-refractivity contribution < 1.29 is 13.9 Å². The van der Waals surface area contributed by atoms with Crippen molar-refractivity contribution in [1.82, 2.24) is 10.9 Å². The first-order chi connectivity index (χ1) is 11.2. The molecule has 0 aliphatic carbocycles. The fourth-order valence-corrected chi connectivity index (χ4v) is 2.61. The molecule has 0 bridgehead atoms. The van der Waals surface area contributed by atoms with Crippen molar-refractivity contribution in [3.05, 3.63) is 59.9 Å². The molecule has 0 aromatic heterocycles. The molecule has 2 aromatic rings. The van der Waals surface area contributed by atoms with Gasteiger partial charge in [0.15, 0.2) is 0 Å². The summed E-state index contributed by atoms with van der Waals surface area (Å²) >= 11 is 0. The SMILES string of the molecule is COc1ccccc1NC(=O)C1CC(c2ccc(F)cc2)NN1. The summed E-state index contributed by atoms with van der Waals surface area (Å²) < 4.78 is 18.2. The van der Waals surface area contributed by atoms with Gasteiger partial charge >= 0.3 is 0 Å². The average molecular weight is 315 g/mol. The lowest BCUT2D eigenvalue weighted by atomic mass is 10.0. The predicted molar refractivity (Wildman–Crippen MR) is 85.4 cm³/mol. The van der Waals surface area contributed by atoms with Gasteiger partial charge in [-0.25, -0.2) is 15.2 Å². The Kier molecular flexibility index (Phi) is 4.55. The first-order valence-electron chi connectivity index (χ1n) is 7.38. The van der Waals surface area contributed by atoms with Crippen LogP contribution in [0, 0.1) is 5.82 Å². The van der Waals surface area contributed by atoms with E-state index < -0.39 is 0 Å². The Morgan fingerprint density at radius 1 is 1.17 bits per heavy atom. The van der Waals surface area contributed by atoms with Crippen LogP contribution >= 0.6 is 0 Å². The molecule has 2 unspecified atom stereocenters. The quantitative estimate of drug-likeness (QED) is 0.811. The van der Waals surface area contributed by atoms with Crippen molar-refractivity contribution in [1.29, 1.82) is 0 Å². The van der Waals surface area contributed by atoms with Crippen LogP contribution in [0.25, 0.3) is 0 Å². The highest BCUT2D eigenvalue weighted by atomic mass is 19.1. The molecule has 6 heteroatoms. The van der Waals surface area contributed by atoms with Crippen molar-refractivity contribution in [2.75, 3.05) is 12.4 Å². The molecule has 120 valence electrons. The zero-order chi connectivity index (χ0) is 16.2. The lowest BCUT2D eigenvalue weighted by molar-refractivity contribution is -0.117. The molecule has 1 heterocycles. The standard InChI is InChI=1S/C17H18FN3O2/c1-23-16-5-3-2-4-13(16)19-17(22)15-10-14(20-21-15)11-6-8-12(18)9-7-11/h2-9,14-15,20-21H,10H2,1H3,(H,19,22). The first kappa shape index (κ1) is 15.5. The first-order valence-corrected chi connectivity index (χ1v) is 7.38. The number of carbonyl (C=O) groups is 1. The van der Waals surface area contributed by atoms with E-state index in [0.29, 0.717) is 17.9 Å². The zero-order valence-corrected chi connectivity index (χ0v) is 12.7. The van der Waals surface area contributed by atoms with E-state index in [2.05, 4.69) is 16.2 Å². The maximum absolute atomic E-state index is 13.0. The van der Waals surface area contributed by atoms with Gasteiger partial charge in [0.1, 0.15) is 17.6 Å². The van der Waals surface area contributed by atoms with E-state index in [1.165, 1.54) is 12.1 Å². The van der Waals surface area contributed by atoms with Crippen molar-refractivity contribution in [3.63, 3.8) is 0 Å². The Bertz CT molecular complexity index is 690. The van der Waals surface area contributed by atoms with Crippen molar-refractivity contribution in [3.8, 4) is 5.75 Å². The third kappa shape index (κ3) is 3.49. The number of nitrogens with one attached hydrogen (secondary N) is 3. The number of carbonyl (C=O) groups excluding carboxylic acids is 1. The van der Waals surface area contributed by atoms with Gasteiger partial charge in [-0.3, -0.25) is 4.79 Å². The number of anilines is 1. The van der Waals surface area contributed by atoms with Gasteiger partial charge in [0.25, 0.3) is 0 Å². The molecule has 1 saturated heterocycles. The molecular weight excluding hydrogens is 297 g/mol. The topological polar surface area (TPSA) is 62.4 Å². The molecule has 0 saturated carbocycles. The van der Waals surface area contributed by atoms with Gasteiger partial charge in [-0.1, -0.05) is 24.3 Å². The van der Waals surface area contributed by atoms with E-state index in [1.807, 2.05) is 12.1 Å². The third-order valence-corrected chi connectivity index (χ3v) is 3.86. The second kappa shape index (κ2) is 6.76. The second-order valence-electron chi connectivity index (χ2n) is 5.37. The summed E-state index contributed by atoms with van der Waals surface area (Å²) in [6.07, 6.45) is 0.576. The summed E-state index contributed by atoms with van der Waals surface area (Å²) in [7, 11) is 1.56. The minimum absolute atomic E-state index is 0.0379. The molecule has 1 aliphatic rings. The predicted octanol–water partition coefficient (Wildman–Crippen LogP) is 2.38. The molecule has 0 radical (unpaired) electrons. The summed E-state index contributed by atoms with van der Waals surface area (Å²) in [5.41, 5.74) is 7.62. The van der Waals surface area contributed by atoms with Crippen molar-refractivity contribution >= 4 is 11.6 Å². The molecule has 5 nitrogen and oxygen atoms in total. The lowest BCUT2D eigenvalue weighted by Gasteiger charge is -2.13. The van der Waals surface area contributed by atoms with Crippen LogP contribution in [-0.2, 0) is 4.79 Å². The van der Waals surface area contributed by atoms with Gasteiger partial charge < -0.3 is 10.1 Å². The molecule has 1 aliphatic heterocycles. The Labute approximate surface area is 133 Å². The molecule has 2 atom stereocenters. The highest BCUT2D eigenvalue weighted by Gasteiger charge is 2.30. The number of para-hydroxylation sites is 2. The molecule has 3 rings (SSSR count). The third-order valence-electron chi connectivity index (χ3n) is 3.86. The number of benzene rings is 2. The van der Waals surface area contributed by atoms with Crippen molar-refractivity contribution in [2.24, 2.45) is 0 Å². The van der Waals surface area contributed by atoms with Crippen LogP contribution in [0.3, 0.4) is 0 Å². The van der Waals surface area contributed by atoms with Crippen LogP contribution in [0.1, 0.15) is 18.0 Å². The maximum Gasteiger partial charge on any atom is 0.243 e. The Morgan fingerprint density at radius 2 is 1.91 bits per heavy atom. The van der Waals surface area contributed by atoms with E-state index in [4.69, 9.17) is 4.74 Å². The molecule has 23 heavy (non-hydrogen) atoms. The van der Waals surface area contributed by atoms with Gasteiger partial charge in [-0.15, -0.1) is 0 Å². The van der Waals surface area contributed by atoms with Gasteiger partial charge in [0.05, 0.1) is 12.8 Å². The minimum atomic E-state index is -0.380. The molecule has 0 spiro atoms. The van der Waals surface area contributed by atoms with E-state index in [1.54, 1.807) is 31.4 Å². The summed E-state index contributed by atoms with van der Waals surface area (Å²) in [6, 6.07) is 13.1. The van der Waals surface area contributed by atoms with Crippen LogP contribution in [-0.4, -0.2) is 19.1 Å².